The minimum absolute atomic E-state index is 0.204. The Labute approximate surface area is 136 Å². The second kappa shape index (κ2) is 8.19. The zero-order chi connectivity index (χ0) is 15.9. The summed E-state index contributed by atoms with van der Waals surface area (Å²) in [6, 6.07) is 6.61. The molecule has 0 radical (unpaired) electrons. The quantitative estimate of drug-likeness (QED) is 0.786. The maximum Gasteiger partial charge on any atom is 0.123 e. The largest absolute Gasteiger partial charge is 0.379 e. The van der Waals surface area contributed by atoms with Crippen molar-refractivity contribution >= 4 is 0 Å². The Balaban J connectivity index is 1.45. The van der Waals surface area contributed by atoms with Gasteiger partial charge in [-0.05, 0) is 17.7 Å². The molecule has 1 aromatic carbocycles. The predicted molar refractivity (Wildman–Crippen MR) is 86.7 cm³/mol. The lowest BCUT2D eigenvalue weighted by molar-refractivity contribution is 0.0384. The highest BCUT2D eigenvalue weighted by molar-refractivity contribution is 5.17. The van der Waals surface area contributed by atoms with Crippen LogP contribution in [0.2, 0.25) is 0 Å². The third-order valence-corrected chi connectivity index (χ3v) is 4.06. The van der Waals surface area contributed by atoms with Gasteiger partial charge in [-0.1, -0.05) is 12.1 Å². The molecule has 0 unspecified atom stereocenters. The number of hydrogen-bond donors (Lipinski definition) is 1. The molecule has 0 spiro atoms. The highest BCUT2D eigenvalue weighted by atomic mass is 19.1. The number of nitrogens with zero attached hydrogens (tertiary/aromatic N) is 3. The van der Waals surface area contributed by atoms with E-state index in [0.29, 0.717) is 6.54 Å². The molecular weight excluding hydrogens is 295 g/mol. The highest BCUT2D eigenvalue weighted by Gasteiger charge is 2.09. The molecule has 0 amide bonds. The summed E-state index contributed by atoms with van der Waals surface area (Å²) in [4.78, 5) is 6.81. The van der Waals surface area contributed by atoms with Crippen LogP contribution in [-0.4, -0.2) is 53.8 Å². The van der Waals surface area contributed by atoms with Gasteiger partial charge in [0.05, 0.1) is 19.8 Å². The van der Waals surface area contributed by atoms with Crippen molar-refractivity contribution in [2.75, 3.05) is 39.4 Å². The van der Waals surface area contributed by atoms with Crippen molar-refractivity contribution in [3.8, 4) is 0 Å². The highest BCUT2D eigenvalue weighted by Crippen LogP contribution is 2.07. The Morgan fingerprint density at radius 1 is 1.17 bits per heavy atom. The van der Waals surface area contributed by atoms with Gasteiger partial charge in [0.1, 0.15) is 11.6 Å². The maximum atomic E-state index is 13.0. The summed E-state index contributed by atoms with van der Waals surface area (Å²) in [5.74, 6) is 0.792. The first-order chi connectivity index (χ1) is 11.3. The minimum atomic E-state index is -0.204. The molecule has 1 aliphatic rings. The van der Waals surface area contributed by atoms with Crippen LogP contribution >= 0.6 is 0 Å². The normalized spacial score (nSPS) is 15.9. The Kier molecular flexibility index (Phi) is 5.74. The van der Waals surface area contributed by atoms with E-state index >= 15 is 0 Å². The Bertz CT molecular complexity index is 593. The number of halogens is 1. The molecule has 0 aliphatic carbocycles. The van der Waals surface area contributed by atoms with Gasteiger partial charge < -0.3 is 14.6 Å². The van der Waals surface area contributed by atoms with E-state index in [9.17, 15) is 4.39 Å². The number of morpholine rings is 1. The van der Waals surface area contributed by atoms with Crippen molar-refractivity contribution in [1.29, 1.82) is 0 Å². The monoisotopic (exact) mass is 318 g/mol. The number of rotatable bonds is 7. The summed E-state index contributed by atoms with van der Waals surface area (Å²) in [5.41, 5.74) is 1.07. The lowest BCUT2D eigenvalue weighted by Gasteiger charge is -2.26. The van der Waals surface area contributed by atoms with Crippen molar-refractivity contribution in [1.82, 2.24) is 19.8 Å². The summed E-state index contributed by atoms with van der Waals surface area (Å²) in [6.07, 6.45) is 3.77. The zero-order valence-electron chi connectivity index (χ0n) is 13.2. The van der Waals surface area contributed by atoms with Crippen LogP contribution in [0.1, 0.15) is 11.4 Å². The number of imidazole rings is 1. The first-order valence-electron chi connectivity index (χ1n) is 8.06. The summed E-state index contributed by atoms with van der Waals surface area (Å²) >= 11 is 0. The summed E-state index contributed by atoms with van der Waals surface area (Å²) in [6.45, 7) is 7.11. The molecule has 23 heavy (non-hydrogen) atoms. The number of hydrogen-bond acceptors (Lipinski definition) is 4. The van der Waals surface area contributed by atoms with Crippen LogP contribution in [0.3, 0.4) is 0 Å². The average molecular weight is 318 g/mol. The molecule has 0 bridgehead atoms. The van der Waals surface area contributed by atoms with E-state index in [-0.39, 0.29) is 5.82 Å². The molecule has 0 saturated carbocycles. The number of nitrogens with one attached hydrogen (secondary N) is 1. The van der Waals surface area contributed by atoms with E-state index in [1.54, 1.807) is 0 Å². The fraction of sp³-hybridized carbons (Fsp3) is 0.471. The molecule has 6 heteroatoms. The van der Waals surface area contributed by atoms with Crippen LogP contribution in [0.25, 0.3) is 0 Å². The first-order valence-corrected chi connectivity index (χ1v) is 8.06. The third kappa shape index (κ3) is 4.86. The van der Waals surface area contributed by atoms with E-state index < -0.39 is 0 Å². The van der Waals surface area contributed by atoms with Crippen LogP contribution in [0, 0.1) is 5.82 Å². The van der Waals surface area contributed by atoms with Gasteiger partial charge in [0.2, 0.25) is 0 Å². The molecule has 1 N–H and O–H groups in total. The van der Waals surface area contributed by atoms with Gasteiger partial charge in [0.25, 0.3) is 0 Å². The van der Waals surface area contributed by atoms with Gasteiger partial charge in [-0.15, -0.1) is 0 Å². The number of ether oxygens (including phenoxy) is 1. The fourth-order valence-electron chi connectivity index (χ4n) is 2.70. The molecule has 3 rings (SSSR count). The number of benzene rings is 1. The van der Waals surface area contributed by atoms with E-state index in [1.807, 2.05) is 24.5 Å². The zero-order valence-corrected chi connectivity index (χ0v) is 13.2. The van der Waals surface area contributed by atoms with Crippen LogP contribution in [0.5, 0.6) is 0 Å². The van der Waals surface area contributed by atoms with Crippen molar-refractivity contribution in [2.24, 2.45) is 0 Å². The molecule has 2 aromatic rings. The summed E-state index contributed by atoms with van der Waals surface area (Å²) in [5, 5.41) is 3.44. The Hall–Kier alpha value is -1.76. The smallest absolute Gasteiger partial charge is 0.123 e. The second-order valence-electron chi connectivity index (χ2n) is 5.73. The van der Waals surface area contributed by atoms with E-state index in [0.717, 1.165) is 57.3 Å². The molecule has 5 nitrogen and oxygen atoms in total. The molecule has 2 heterocycles. The molecule has 1 fully saturated rings. The van der Waals surface area contributed by atoms with Crippen LogP contribution < -0.4 is 5.32 Å². The second-order valence-corrected chi connectivity index (χ2v) is 5.73. The van der Waals surface area contributed by atoms with Crippen molar-refractivity contribution in [3.05, 3.63) is 53.9 Å². The summed E-state index contributed by atoms with van der Waals surface area (Å²) < 4.78 is 20.4. The first kappa shape index (κ1) is 16.1. The van der Waals surface area contributed by atoms with Crippen LogP contribution in [-0.2, 0) is 17.8 Å². The van der Waals surface area contributed by atoms with Gasteiger partial charge in [0, 0.05) is 45.1 Å². The van der Waals surface area contributed by atoms with Crippen LogP contribution in [0.4, 0.5) is 4.39 Å². The third-order valence-electron chi connectivity index (χ3n) is 4.06. The predicted octanol–water partition coefficient (Wildman–Crippen LogP) is 1.49. The summed E-state index contributed by atoms with van der Waals surface area (Å²) in [7, 11) is 0. The van der Waals surface area contributed by atoms with Gasteiger partial charge in [-0.2, -0.15) is 0 Å². The topological polar surface area (TPSA) is 42.3 Å². The molecule has 1 aromatic heterocycles. The lowest BCUT2D eigenvalue weighted by Crippen LogP contribution is -2.40. The van der Waals surface area contributed by atoms with E-state index in [2.05, 4.69) is 19.8 Å². The van der Waals surface area contributed by atoms with Gasteiger partial charge in [0.15, 0.2) is 0 Å². The lowest BCUT2D eigenvalue weighted by atomic mass is 10.2. The standard InChI is InChI=1S/C17H23FN4O/c18-16-3-1-15(2-4-16)14-22-8-6-20-17(22)13-19-5-7-21-9-11-23-12-10-21/h1-4,6,8,19H,5,7,9-14H2. The minimum Gasteiger partial charge on any atom is -0.379 e. The average Bonchev–Trinajstić information content (AvgIpc) is 3.02. The maximum absolute atomic E-state index is 13.0. The molecule has 0 atom stereocenters. The Morgan fingerprint density at radius 2 is 1.96 bits per heavy atom. The molecule has 1 saturated heterocycles. The molecule has 1 aliphatic heterocycles. The van der Waals surface area contributed by atoms with Gasteiger partial charge in [-0.25, -0.2) is 9.37 Å². The van der Waals surface area contributed by atoms with Gasteiger partial charge >= 0.3 is 0 Å². The molecule has 124 valence electrons. The fourth-order valence-corrected chi connectivity index (χ4v) is 2.70. The van der Waals surface area contributed by atoms with E-state index in [4.69, 9.17) is 4.74 Å². The molecular formula is C17H23FN4O. The van der Waals surface area contributed by atoms with Crippen LogP contribution in [0.15, 0.2) is 36.7 Å². The number of aromatic nitrogens is 2. The van der Waals surface area contributed by atoms with E-state index in [1.165, 1.54) is 12.1 Å². The van der Waals surface area contributed by atoms with Gasteiger partial charge in [-0.3, -0.25) is 4.90 Å². The van der Waals surface area contributed by atoms with Crippen molar-refractivity contribution in [2.45, 2.75) is 13.1 Å². The Morgan fingerprint density at radius 3 is 2.74 bits per heavy atom. The van der Waals surface area contributed by atoms with Crippen molar-refractivity contribution in [3.63, 3.8) is 0 Å². The SMILES string of the molecule is Fc1ccc(Cn2ccnc2CNCCN2CCOCC2)cc1. The van der Waals surface area contributed by atoms with Crippen molar-refractivity contribution < 1.29 is 9.13 Å².